The highest BCUT2D eigenvalue weighted by atomic mass is 32.2. The van der Waals surface area contributed by atoms with Crippen molar-refractivity contribution in [3.05, 3.63) is 83.5 Å². The summed E-state index contributed by atoms with van der Waals surface area (Å²) in [6, 6.07) is 21.4. The molecule has 44 heavy (non-hydrogen) atoms. The van der Waals surface area contributed by atoms with Crippen LogP contribution in [0, 0.1) is 0 Å². The maximum Gasteiger partial charge on any atom is 0.490 e. The number of fused-ring (bicyclic) bond motifs is 1. The van der Waals surface area contributed by atoms with E-state index in [0.29, 0.717) is 11.0 Å². The number of likely N-dealkylation sites (tertiary alicyclic amines) is 1. The molecule has 3 aromatic heterocycles. The van der Waals surface area contributed by atoms with E-state index in [9.17, 15) is 13.2 Å². The number of hydrogen-bond donors (Lipinski definition) is 2. The van der Waals surface area contributed by atoms with Crippen LogP contribution in [0.5, 0.6) is 0 Å². The van der Waals surface area contributed by atoms with E-state index in [1.165, 1.54) is 23.0 Å². The summed E-state index contributed by atoms with van der Waals surface area (Å²) in [5, 5.41) is 11.6. The van der Waals surface area contributed by atoms with Gasteiger partial charge in [0.25, 0.3) is 0 Å². The Labute approximate surface area is 260 Å². The van der Waals surface area contributed by atoms with Gasteiger partial charge in [-0.2, -0.15) is 13.2 Å². The van der Waals surface area contributed by atoms with Crippen LogP contribution in [0.25, 0.3) is 33.4 Å². The van der Waals surface area contributed by atoms with E-state index >= 15 is 0 Å². The van der Waals surface area contributed by atoms with Crippen molar-refractivity contribution in [2.75, 3.05) is 25.1 Å². The molecular formula is C31H29F3N6O2S2. The van der Waals surface area contributed by atoms with Gasteiger partial charge in [-0.15, -0.1) is 11.3 Å². The maximum absolute atomic E-state index is 10.6. The number of carboxylic acid groups (broad SMARTS) is 1. The predicted octanol–water partition coefficient (Wildman–Crippen LogP) is 7.13. The van der Waals surface area contributed by atoms with Crippen LogP contribution in [0.1, 0.15) is 30.0 Å². The van der Waals surface area contributed by atoms with Gasteiger partial charge < -0.3 is 10.8 Å². The first kappa shape index (κ1) is 31.4. The fourth-order valence-corrected chi connectivity index (χ4v) is 5.99. The normalized spacial score (nSPS) is 14.3. The Morgan fingerprint density at radius 1 is 1.05 bits per heavy atom. The number of thiazole rings is 1. The molecule has 8 nitrogen and oxygen atoms in total. The highest BCUT2D eigenvalue weighted by Crippen LogP contribution is 2.34. The molecule has 0 radical (unpaired) electrons. The van der Waals surface area contributed by atoms with Crippen molar-refractivity contribution in [2.45, 2.75) is 36.6 Å². The molecule has 0 unspecified atom stereocenters. The second-order valence-electron chi connectivity index (χ2n) is 10.2. The monoisotopic (exact) mass is 638 g/mol. The smallest absolute Gasteiger partial charge is 0.475 e. The van der Waals surface area contributed by atoms with Crippen molar-refractivity contribution in [2.24, 2.45) is 0 Å². The van der Waals surface area contributed by atoms with E-state index in [1.54, 1.807) is 11.3 Å². The molecule has 1 aliphatic heterocycles. The van der Waals surface area contributed by atoms with Crippen molar-refractivity contribution in [3.63, 3.8) is 0 Å². The maximum atomic E-state index is 10.6. The third-order valence-corrected chi connectivity index (χ3v) is 8.49. The van der Waals surface area contributed by atoms with Gasteiger partial charge in [-0.25, -0.2) is 24.7 Å². The third kappa shape index (κ3) is 7.71. The van der Waals surface area contributed by atoms with E-state index in [4.69, 9.17) is 20.6 Å². The summed E-state index contributed by atoms with van der Waals surface area (Å²) in [6.45, 7) is 3.10. The molecule has 0 atom stereocenters. The standard InChI is InChI=1S/C29H28N6S2.C2HF3O2/c1-36-29-31-16-23-15-24(20-5-3-2-4-6-20)26(33-27(23)34-29)22-9-7-19(8-10-22)17-35-13-11-21(12-14-35)25-18-37-28(30)32-25;3-2(4,5)1(6)7/h2-10,15-16,18,21H,11-14,17H2,1H3,(H2,30,32);(H,6,7). The van der Waals surface area contributed by atoms with Gasteiger partial charge in [0.05, 0.1) is 11.4 Å². The molecule has 0 bridgehead atoms. The minimum atomic E-state index is -5.08. The van der Waals surface area contributed by atoms with E-state index < -0.39 is 12.1 Å². The van der Waals surface area contributed by atoms with Crippen LogP contribution in [0.2, 0.25) is 0 Å². The molecule has 228 valence electrons. The quantitative estimate of drug-likeness (QED) is 0.148. The molecular weight excluding hydrogens is 610 g/mol. The van der Waals surface area contributed by atoms with Crippen molar-refractivity contribution < 1.29 is 23.1 Å². The first-order chi connectivity index (χ1) is 21.1. The molecule has 3 N–H and O–H groups in total. The van der Waals surface area contributed by atoms with Crippen molar-refractivity contribution >= 4 is 45.2 Å². The number of carboxylic acids is 1. The fourth-order valence-electron chi connectivity index (χ4n) is 5.01. The predicted molar refractivity (Wildman–Crippen MR) is 167 cm³/mol. The summed E-state index contributed by atoms with van der Waals surface area (Å²) in [6.07, 6.45) is 1.02. The Hall–Kier alpha value is -4.07. The number of anilines is 1. The van der Waals surface area contributed by atoms with Crippen molar-refractivity contribution in [3.8, 4) is 22.4 Å². The fraction of sp³-hybridized carbons (Fsp3) is 0.258. The van der Waals surface area contributed by atoms with Gasteiger partial charge in [-0.3, -0.25) is 4.90 Å². The Kier molecular flexibility index (Phi) is 9.77. The summed E-state index contributed by atoms with van der Waals surface area (Å²) in [5.74, 6) is -2.23. The number of aliphatic carboxylic acids is 1. The number of carbonyl (C=O) groups is 1. The van der Waals surface area contributed by atoms with Crippen LogP contribution in [0.3, 0.4) is 0 Å². The van der Waals surface area contributed by atoms with Crippen LogP contribution < -0.4 is 5.73 Å². The SMILES string of the molecule is CSc1ncc2cc(-c3ccccc3)c(-c3ccc(CN4CCC(c5csc(N)n5)CC4)cc3)nc2n1.O=C(O)C(F)(F)F. The van der Waals surface area contributed by atoms with E-state index in [0.717, 1.165) is 71.1 Å². The first-order valence-corrected chi connectivity index (χ1v) is 15.8. The molecule has 1 fully saturated rings. The van der Waals surface area contributed by atoms with E-state index in [1.807, 2.05) is 18.5 Å². The molecule has 0 aliphatic carbocycles. The molecule has 2 aromatic carbocycles. The van der Waals surface area contributed by atoms with Gasteiger partial charge in [0.1, 0.15) is 0 Å². The Morgan fingerprint density at radius 3 is 2.32 bits per heavy atom. The summed E-state index contributed by atoms with van der Waals surface area (Å²) < 4.78 is 31.7. The molecule has 4 heterocycles. The second-order valence-corrected chi connectivity index (χ2v) is 11.8. The number of alkyl halides is 3. The molecule has 1 aliphatic rings. The topological polar surface area (TPSA) is 118 Å². The molecule has 0 saturated carbocycles. The third-order valence-electron chi connectivity index (χ3n) is 7.24. The van der Waals surface area contributed by atoms with Crippen LogP contribution in [-0.2, 0) is 11.3 Å². The number of pyridine rings is 1. The number of piperidine rings is 1. The lowest BCUT2D eigenvalue weighted by Gasteiger charge is -2.31. The number of benzene rings is 2. The lowest BCUT2D eigenvalue weighted by Crippen LogP contribution is -2.32. The number of rotatable bonds is 6. The molecule has 13 heteroatoms. The molecule has 5 aromatic rings. The highest BCUT2D eigenvalue weighted by Gasteiger charge is 2.38. The van der Waals surface area contributed by atoms with Crippen LogP contribution in [0.4, 0.5) is 18.3 Å². The number of nitrogen functional groups attached to an aromatic ring is 1. The van der Waals surface area contributed by atoms with Crippen molar-refractivity contribution in [1.82, 2.24) is 24.8 Å². The zero-order chi connectivity index (χ0) is 31.3. The average Bonchev–Trinajstić information content (AvgIpc) is 3.47. The summed E-state index contributed by atoms with van der Waals surface area (Å²) in [7, 11) is 0. The second kappa shape index (κ2) is 13.7. The number of thioether (sulfide) groups is 1. The minimum absolute atomic E-state index is 0.526. The average molecular weight is 639 g/mol. The lowest BCUT2D eigenvalue weighted by molar-refractivity contribution is -0.192. The summed E-state index contributed by atoms with van der Waals surface area (Å²) in [4.78, 5) is 30.1. The van der Waals surface area contributed by atoms with Crippen LogP contribution in [0.15, 0.2) is 77.4 Å². The highest BCUT2D eigenvalue weighted by molar-refractivity contribution is 7.98. The zero-order valence-corrected chi connectivity index (χ0v) is 25.3. The van der Waals surface area contributed by atoms with Gasteiger partial charge in [-0.1, -0.05) is 66.4 Å². The Morgan fingerprint density at radius 2 is 1.73 bits per heavy atom. The minimum Gasteiger partial charge on any atom is -0.475 e. The van der Waals surface area contributed by atoms with Gasteiger partial charge in [0.15, 0.2) is 15.9 Å². The summed E-state index contributed by atoms with van der Waals surface area (Å²) >= 11 is 3.07. The Bertz CT molecular complexity index is 1720. The first-order valence-electron chi connectivity index (χ1n) is 13.7. The number of aromatic nitrogens is 4. The van der Waals surface area contributed by atoms with E-state index in [-0.39, 0.29) is 0 Å². The Balaban J connectivity index is 0.000000493. The number of nitrogens with zero attached hydrogens (tertiary/aromatic N) is 5. The van der Waals surface area contributed by atoms with Gasteiger partial charge in [-0.05, 0) is 49.4 Å². The van der Waals surface area contributed by atoms with E-state index in [2.05, 4.69) is 79.8 Å². The van der Waals surface area contributed by atoms with Crippen LogP contribution in [-0.4, -0.2) is 61.4 Å². The number of halogens is 3. The lowest BCUT2D eigenvalue weighted by atomic mass is 9.94. The zero-order valence-electron chi connectivity index (χ0n) is 23.7. The van der Waals surface area contributed by atoms with Gasteiger partial charge in [0, 0.05) is 40.6 Å². The number of hydrogen-bond acceptors (Lipinski definition) is 9. The molecule has 6 rings (SSSR count). The molecule has 0 spiro atoms. The summed E-state index contributed by atoms with van der Waals surface area (Å²) in [5.41, 5.74) is 13.3. The van der Waals surface area contributed by atoms with Gasteiger partial charge in [0.2, 0.25) is 0 Å². The molecule has 1 saturated heterocycles. The van der Waals surface area contributed by atoms with Crippen molar-refractivity contribution in [1.29, 1.82) is 0 Å². The largest absolute Gasteiger partial charge is 0.490 e. The molecule has 0 amide bonds. The van der Waals surface area contributed by atoms with Gasteiger partial charge >= 0.3 is 12.1 Å². The van der Waals surface area contributed by atoms with Crippen LogP contribution >= 0.6 is 23.1 Å². The number of nitrogens with two attached hydrogens (primary N) is 1.